The van der Waals surface area contributed by atoms with E-state index >= 15 is 0 Å². The van der Waals surface area contributed by atoms with Crippen LogP contribution < -0.4 is 0 Å². The Morgan fingerprint density at radius 3 is 2.59 bits per heavy atom. The number of fused-ring (bicyclic) bond motifs is 1. The third-order valence-corrected chi connectivity index (χ3v) is 2.94. The van der Waals surface area contributed by atoms with Crippen LogP contribution in [-0.4, -0.2) is 15.0 Å². The van der Waals surface area contributed by atoms with Crippen LogP contribution >= 0.6 is 15.9 Å². The molecule has 0 N–H and O–H groups in total. The van der Waals surface area contributed by atoms with E-state index in [9.17, 15) is 0 Å². The van der Waals surface area contributed by atoms with Gasteiger partial charge in [0.2, 0.25) is 0 Å². The average Bonchev–Trinajstić information content (AvgIpc) is 2.39. The van der Waals surface area contributed by atoms with Gasteiger partial charge in [-0.2, -0.15) is 0 Å². The molecule has 0 unspecified atom stereocenters. The highest BCUT2D eigenvalue weighted by molar-refractivity contribution is 9.10. The van der Waals surface area contributed by atoms with E-state index in [-0.39, 0.29) is 0 Å². The molecule has 82 valence electrons. The van der Waals surface area contributed by atoms with Crippen LogP contribution in [0.15, 0.2) is 53.4 Å². The highest BCUT2D eigenvalue weighted by atomic mass is 79.9. The van der Waals surface area contributed by atoms with Crippen LogP contribution in [0.5, 0.6) is 0 Å². The summed E-state index contributed by atoms with van der Waals surface area (Å²) in [6, 6.07) is 11.8. The molecule has 0 saturated heterocycles. The predicted molar refractivity (Wildman–Crippen MR) is 70.5 cm³/mol. The van der Waals surface area contributed by atoms with Crippen LogP contribution in [0.2, 0.25) is 0 Å². The minimum absolute atomic E-state index is 0.698. The molecule has 0 spiro atoms. The average molecular weight is 286 g/mol. The zero-order valence-electron chi connectivity index (χ0n) is 8.84. The van der Waals surface area contributed by atoms with Gasteiger partial charge in [0.15, 0.2) is 5.82 Å². The Balaban J connectivity index is 2.14. The van der Waals surface area contributed by atoms with E-state index < -0.39 is 0 Å². The molecule has 17 heavy (non-hydrogen) atoms. The Labute approximate surface area is 107 Å². The van der Waals surface area contributed by atoms with Crippen molar-refractivity contribution in [2.45, 2.75) is 0 Å². The van der Waals surface area contributed by atoms with Crippen molar-refractivity contribution in [2.75, 3.05) is 0 Å². The lowest BCUT2D eigenvalue weighted by Gasteiger charge is -2.01. The number of rotatable bonds is 1. The third-order valence-electron chi connectivity index (χ3n) is 2.47. The fraction of sp³-hybridized carbons (Fsp3) is 0. The zero-order chi connectivity index (χ0) is 11.7. The van der Waals surface area contributed by atoms with Crippen molar-refractivity contribution in [3.63, 3.8) is 0 Å². The summed E-state index contributed by atoms with van der Waals surface area (Å²) in [6.45, 7) is 0. The summed E-state index contributed by atoms with van der Waals surface area (Å²) in [5.41, 5.74) is 1.86. The highest BCUT2D eigenvalue weighted by Gasteiger charge is 2.02. The molecule has 0 aliphatic rings. The van der Waals surface area contributed by atoms with E-state index in [0.29, 0.717) is 5.82 Å². The first kappa shape index (κ1) is 10.4. The lowest BCUT2D eigenvalue weighted by atomic mass is 10.2. The minimum atomic E-state index is 0.698. The first-order chi connectivity index (χ1) is 8.33. The summed E-state index contributed by atoms with van der Waals surface area (Å²) in [6.07, 6.45) is 3.59. The van der Waals surface area contributed by atoms with E-state index in [4.69, 9.17) is 0 Å². The van der Waals surface area contributed by atoms with Crippen LogP contribution in [0.4, 0.5) is 0 Å². The van der Waals surface area contributed by atoms with Gasteiger partial charge in [-0.15, -0.1) is 0 Å². The second-order valence-electron chi connectivity index (χ2n) is 3.62. The Hall–Kier alpha value is -1.81. The molecule has 0 aliphatic carbocycles. The number of halogens is 1. The molecule has 4 heteroatoms. The van der Waals surface area contributed by atoms with Crippen molar-refractivity contribution in [3.8, 4) is 11.4 Å². The van der Waals surface area contributed by atoms with E-state index in [1.54, 1.807) is 6.20 Å². The zero-order valence-corrected chi connectivity index (χ0v) is 10.4. The maximum Gasteiger partial charge on any atom is 0.161 e. The maximum absolute atomic E-state index is 4.51. The summed E-state index contributed by atoms with van der Waals surface area (Å²) >= 11 is 3.31. The van der Waals surface area contributed by atoms with Gasteiger partial charge in [-0.25, -0.2) is 15.0 Å². The predicted octanol–water partition coefficient (Wildman–Crippen LogP) is 3.45. The SMILES string of the molecule is Brc1ccc(-c2ncc3ccccc3n2)cn1. The Morgan fingerprint density at radius 1 is 0.882 bits per heavy atom. The number of pyridine rings is 1. The van der Waals surface area contributed by atoms with E-state index in [1.165, 1.54) is 0 Å². The molecule has 0 aliphatic heterocycles. The second-order valence-corrected chi connectivity index (χ2v) is 4.43. The van der Waals surface area contributed by atoms with Gasteiger partial charge in [0.05, 0.1) is 5.52 Å². The fourth-order valence-electron chi connectivity index (χ4n) is 1.62. The first-order valence-corrected chi connectivity index (χ1v) is 5.96. The Bertz CT molecular complexity index is 665. The molecule has 1 aromatic carbocycles. The lowest BCUT2D eigenvalue weighted by molar-refractivity contribution is 1.20. The largest absolute Gasteiger partial charge is 0.249 e. The number of hydrogen-bond acceptors (Lipinski definition) is 3. The fourth-order valence-corrected chi connectivity index (χ4v) is 1.85. The standard InChI is InChI=1S/C13H8BrN3/c14-12-6-5-10(8-15-12)13-16-7-9-3-1-2-4-11(9)17-13/h1-8H. The van der Waals surface area contributed by atoms with E-state index in [1.807, 2.05) is 42.6 Å². The molecule has 2 heterocycles. The van der Waals surface area contributed by atoms with Crippen molar-refractivity contribution < 1.29 is 0 Å². The normalized spacial score (nSPS) is 10.6. The summed E-state index contributed by atoms with van der Waals surface area (Å²) in [5, 5.41) is 1.04. The Kier molecular flexibility index (Phi) is 2.57. The van der Waals surface area contributed by atoms with Gasteiger partial charge in [-0.1, -0.05) is 18.2 Å². The quantitative estimate of drug-likeness (QED) is 0.643. The summed E-state index contributed by atoms with van der Waals surface area (Å²) in [5.74, 6) is 0.698. The van der Waals surface area contributed by atoms with Gasteiger partial charge in [-0.3, -0.25) is 0 Å². The summed E-state index contributed by atoms with van der Waals surface area (Å²) < 4.78 is 0.807. The molecule has 3 rings (SSSR count). The molecule has 0 fully saturated rings. The van der Waals surface area contributed by atoms with Gasteiger partial charge in [-0.05, 0) is 34.1 Å². The molecule has 0 bridgehead atoms. The first-order valence-electron chi connectivity index (χ1n) is 5.17. The number of para-hydroxylation sites is 1. The maximum atomic E-state index is 4.51. The van der Waals surface area contributed by atoms with Crippen molar-refractivity contribution >= 4 is 26.8 Å². The topological polar surface area (TPSA) is 38.7 Å². The van der Waals surface area contributed by atoms with Crippen molar-refractivity contribution in [1.29, 1.82) is 0 Å². The number of hydrogen-bond donors (Lipinski definition) is 0. The number of aromatic nitrogens is 3. The van der Waals surface area contributed by atoms with Crippen LogP contribution in [0.3, 0.4) is 0 Å². The van der Waals surface area contributed by atoms with Crippen molar-refractivity contribution in [1.82, 2.24) is 15.0 Å². The smallest absolute Gasteiger partial charge is 0.161 e. The molecule has 0 saturated carbocycles. The molecule has 2 aromatic heterocycles. The molecular formula is C13H8BrN3. The van der Waals surface area contributed by atoms with Crippen LogP contribution in [-0.2, 0) is 0 Å². The monoisotopic (exact) mass is 285 g/mol. The molecule has 0 radical (unpaired) electrons. The van der Waals surface area contributed by atoms with Gasteiger partial charge < -0.3 is 0 Å². The number of nitrogens with zero attached hydrogens (tertiary/aromatic N) is 3. The lowest BCUT2D eigenvalue weighted by Crippen LogP contribution is -1.90. The third kappa shape index (κ3) is 2.03. The molecular weight excluding hydrogens is 278 g/mol. The molecule has 3 aromatic rings. The van der Waals surface area contributed by atoms with Crippen LogP contribution in [0, 0.1) is 0 Å². The highest BCUT2D eigenvalue weighted by Crippen LogP contribution is 2.18. The van der Waals surface area contributed by atoms with E-state index in [2.05, 4.69) is 30.9 Å². The molecule has 3 nitrogen and oxygen atoms in total. The number of benzene rings is 1. The summed E-state index contributed by atoms with van der Waals surface area (Å²) in [7, 11) is 0. The van der Waals surface area contributed by atoms with Crippen molar-refractivity contribution in [2.24, 2.45) is 0 Å². The van der Waals surface area contributed by atoms with Gasteiger partial charge in [0.25, 0.3) is 0 Å². The van der Waals surface area contributed by atoms with Gasteiger partial charge in [0.1, 0.15) is 4.60 Å². The van der Waals surface area contributed by atoms with Crippen molar-refractivity contribution in [3.05, 3.63) is 53.4 Å². The van der Waals surface area contributed by atoms with Crippen LogP contribution in [0.1, 0.15) is 0 Å². The second kappa shape index (κ2) is 4.22. The summed E-state index contributed by atoms with van der Waals surface area (Å²) in [4.78, 5) is 13.0. The molecule has 0 amide bonds. The minimum Gasteiger partial charge on any atom is -0.249 e. The van der Waals surface area contributed by atoms with Crippen LogP contribution in [0.25, 0.3) is 22.3 Å². The Morgan fingerprint density at radius 2 is 1.76 bits per heavy atom. The van der Waals surface area contributed by atoms with E-state index in [0.717, 1.165) is 21.1 Å². The molecule has 0 atom stereocenters. The van der Waals surface area contributed by atoms with Gasteiger partial charge >= 0.3 is 0 Å². The van der Waals surface area contributed by atoms with Gasteiger partial charge in [0, 0.05) is 23.3 Å².